The molecule has 3 aromatic carbocycles. The van der Waals surface area contributed by atoms with Gasteiger partial charge in [-0.3, -0.25) is 9.59 Å². The smallest absolute Gasteiger partial charge is 0.304 e. The van der Waals surface area contributed by atoms with Crippen molar-refractivity contribution in [3.63, 3.8) is 0 Å². The Labute approximate surface area is 180 Å². The van der Waals surface area contributed by atoms with Crippen LogP contribution in [-0.2, 0) is 4.79 Å². The molecule has 2 atom stereocenters. The van der Waals surface area contributed by atoms with E-state index < -0.39 is 23.8 Å². The van der Waals surface area contributed by atoms with Crippen LogP contribution in [0.3, 0.4) is 0 Å². The summed E-state index contributed by atoms with van der Waals surface area (Å²) in [7, 11) is 0. The number of halogens is 1. The summed E-state index contributed by atoms with van der Waals surface area (Å²) in [5.74, 6) is -1.18. The molecule has 0 aliphatic carbocycles. The molecule has 1 heterocycles. The zero-order chi connectivity index (χ0) is 22.0. The number of aryl methyl sites for hydroxylation is 2. The first kappa shape index (κ1) is 20.5. The van der Waals surface area contributed by atoms with Crippen LogP contribution in [0.2, 0.25) is 0 Å². The average Bonchev–Trinajstić information content (AvgIpc) is 3.05. The first-order chi connectivity index (χ1) is 14.9. The monoisotopic (exact) mass is 416 g/mol. The minimum Gasteiger partial charge on any atom is -0.334 e. The Morgan fingerprint density at radius 3 is 2.13 bits per heavy atom. The SMILES string of the molecule is Cc1ccc(/C=[N+]2\NC(=O)[C@H](NC(=O)c3ccc(F)cc3)[C@@H]2c2ccc(C)cc2)cc1. The van der Waals surface area contributed by atoms with Gasteiger partial charge < -0.3 is 5.32 Å². The van der Waals surface area contributed by atoms with Gasteiger partial charge in [-0.25, -0.2) is 4.39 Å². The molecule has 31 heavy (non-hydrogen) atoms. The van der Waals surface area contributed by atoms with Gasteiger partial charge in [-0.1, -0.05) is 47.5 Å². The van der Waals surface area contributed by atoms with Gasteiger partial charge in [0.2, 0.25) is 12.3 Å². The number of nitrogens with zero attached hydrogens (tertiary/aromatic N) is 1. The van der Waals surface area contributed by atoms with Crippen molar-refractivity contribution >= 4 is 18.0 Å². The topological polar surface area (TPSA) is 61.2 Å². The minimum absolute atomic E-state index is 0.290. The highest BCUT2D eigenvalue weighted by Gasteiger charge is 2.47. The summed E-state index contributed by atoms with van der Waals surface area (Å²) < 4.78 is 14.9. The molecule has 0 aromatic heterocycles. The number of nitrogens with one attached hydrogen (secondary N) is 2. The Morgan fingerprint density at radius 1 is 0.935 bits per heavy atom. The van der Waals surface area contributed by atoms with Crippen molar-refractivity contribution in [1.29, 1.82) is 0 Å². The molecule has 0 saturated carbocycles. The minimum atomic E-state index is -0.818. The molecule has 1 aliphatic heterocycles. The predicted octanol–water partition coefficient (Wildman–Crippen LogP) is 3.46. The van der Waals surface area contributed by atoms with E-state index in [0.717, 1.165) is 22.3 Å². The van der Waals surface area contributed by atoms with E-state index in [-0.39, 0.29) is 11.5 Å². The maximum atomic E-state index is 13.2. The molecule has 5 nitrogen and oxygen atoms in total. The van der Waals surface area contributed by atoms with Gasteiger partial charge in [-0.15, -0.1) is 10.1 Å². The lowest BCUT2D eigenvalue weighted by atomic mass is 9.98. The molecule has 0 bridgehead atoms. The molecule has 0 spiro atoms. The summed E-state index contributed by atoms with van der Waals surface area (Å²) in [5, 5.41) is 2.82. The van der Waals surface area contributed by atoms with Crippen LogP contribution in [0.1, 0.15) is 38.7 Å². The molecule has 2 amide bonds. The van der Waals surface area contributed by atoms with E-state index >= 15 is 0 Å². The van der Waals surface area contributed by atoms with Gasteiger partial charge in [-0.2, -0.15) is 0 Å². The Kier molecular flexibility index (Phi) is 5.62. The van der Waals surface area contributed by atoms with Crippen molar-refractivity contribution < 1.29 is 18.7 Å². The Hall–Kier alpha value is -3.80. The van der Waals surface area contributed by atoms with E-state index in [1.807, 2.05) is 68.6 Å². The molecule has 0 radical (unpaired) electrons. The van der Waals surface area contributed by atoms with Crippen molar-refractivity contribution in [2.45, 2.75) is 25.9 Å². The van der Waals surface area contributed by atoms with E-state index in [9.17, 15) is 14.0 Å². The largest absolute Gasteiger partial charge is 0.334 e. The number of carbonyl (C=O) groups excluding carboxylic acids is 2. The van der Waals surface area contributed by atoms with Crippen LogP contribution in [0.15, 0.2) is 72.8 Å². The second kappa shape index (κ2) is 8.52. The molecule has 1 fully saturated rings. The van der Waals surface area contributed by atoms with Crippen LogP contribution in [0.25, 0.3) is 0 Å². The number of hydrogen-bond acceptors (Lipinski definition) is 2. The van der Waals surface area contributed by atoms with E-state index in [0.29, 0.717) is 0 Å². The number of hydrazone groups is 1. The summed E-state index contributed by atoms with van der Waals surface area (Å²) in [6.45, 7) is 4.00. The van der Waals surface area contributed by atoms with Crippen molar-refractivity contribution in [1.82, 2.24) is 10.7 Å². The fourth-order valence-electron chi connectivity index (χ4n) is 3.58. The molecule has 1 aliphatic rings. The van der Waals surface area contributed by atoms with Gasteiger partial charge in [0, 0.05) is 16.7 Å². The Bertz CT molecular complexity index is 1140. The molecule has 2 N–H and O–H groups in total. The highest BCUT2D eigenvalue weighted by Crippen LogP contribution is 2.26. The number of rotatable bonds is 4. The summed E-state index contributed by atoms with van der Waals surface area (Å²) in [4.78, 5) is 25.6. The highest BCUT2D eigenvalue weighted by atomic mass is 19.1. The van der Waals surface area contributed by atoms with Crippen LogP contribution in [-0.4, -0.2) is 28.8 Å². The molecular formula is C25H23FN3O2+. The quantitative estimate of drug-likeness (QED) is 0.640. The fraction of sp³-hybridized carbons (Fsp3) is 0.160. The van der Waals surface area contributed by atoms with Gasteiger partial charge >= 0.3 is 5.91 Å². The maximum Gasteiger partial charge on any atom is 0.304 e. The molecule has 6 heteroatoms. The van der Waals surface area contributed by atoms with E-state index in [1.54, 1.807) is 4.68 Å². The highest BCUT2D eigenvalue weighted by molar-refractivity contribution is 5.98. The van der Waals surface area contributed by atoms with Crippen LogP contribution < -0.4 is 10.7 Å². The van der Waals surface area contributed by atoms with Crippen molar-refractivity contribution in [3.05, 3.63) is 106 Å². The second-order valence-corrected chi connectivity index (χ2v) is 7.74. The number of carbonyl (C=O) groups is 2. The molecule has 3 aromatic rings. The van der Waals surface area contributed by atoms with Gasteiger partial charge in [-0.05, 0) is 50.2 Å². The summed E-state index contributed by atoms with van der Waals surface area (Å²) in [5.41, 5.74) is 7.20. The summed E-state index contributed by atoms with van der Waals surface area (Å²) in [6, 6.07) is 19.8. The van der Waals surface area contributed by atoms with Crippen LogP contribution in [0.5, 0.6) is 0 Å². The van der Waals surface area contributed by atoms with E-state index in [2.05, 4.69) is 10.7 Å². The lowest BCUT2D eigenvalue weighted by Gasteiger charge is -2.15. The number of hydrogen-bond donors (Lipinski definition) is 2. The first-order valence-corrected chi connectivity index (χ1v) is 10.0. The van der Waals surface area contributed by atoms with Crippen molar-refractivity contribution in [2.24, 2.45) is 0 Å². The van der Waals surface area contributed by atoms with Gasteiger partial charge in [0.1, 0.15) is 5.82 Å². The van der Waals surface area contributed by atoms with Gasteiger partial charge in [0.25, 0.3) is 5.91 Å². The average molecular weight is 416 g/mol. The first-order valence-electron chi connectivity index (χ1n) is 10.0. The Morgan fingerprint density at radius 2 is 1.52 bits per heavy atom. The lowest BCUT2D eigenvalue weighted by molar-refractivity contribution is -0.596. The van der Waals surface area contributed by atoms with Gasteiger partial charge in [0.15, 0.2) is 6.04 Å². The molecule has 0 unspecified atom stereocenters. The summed E-state index contributed by atoms with van der Waals surface area (Å²) >= 11 is 0. The Balaban J connectivity index is 1.69. The predicted molar refractivity (Wildman–Crippen MR) is 116 cm³/mol. The van der Waals surface area contributed by atoms with Gasteiger partial charge in [0.05, 0.1) is 0 Å². The zero-order valence-corrected chi connectivity index (χ0v) is 17.3. The number of benzene rings is 3. The third-order valence-corrected chi connectivity index (χ3v) is 5.31. The molecule has 156 valence electrons. The van der Waals surface area contributed by atoms with Crippen LogP contribution in [0, 0.1) is 19.7 Å². The van der Waals surface area contributed by atoms with Crippen molar-refractivity contribution in [3.8, 4) is 0 Å². The summed E-state index contributed by atoms with van der Waals surface area (Å²) in [6.07, 6.45) is 1.85. The normalized spacial score (nSPS) is 19.3. The third kappa shape index (κ3) is 4.53. The molecular weight excluding hydrogens is 393 g/mol. The lowest BCUT2D eigenvalue weighted by Crippen LogP contribution is -2.42. The van der Waals surface area contributed by atoms with E-state index in [4.69, 9.17) is 0 Å². The maximum absolute atomic E-state index is 13.2. The van der Waals surface area contributed by atoms with Crippen LogP contribution in [0.4, 0.5) is 4.39 Å². The van der Waals surface area contributed by atoms with Crippen molar-refractivity contribution in [2.75, 3.05) is 0 Å². The molecule has 4 rings (SSSR count). The zero-order valence-electron chi connectivity index (χ0n) is 17.3. The third-order valence-electron chi connectivity index (χ3n) is 5.31. The fourth-order valence-corrected chi connectivity index (χ4v) is 3.58. The number of amides is 2. The number of hydrazine groups is 1. The van der Waals surface area contributed by atoms with E-state index in [1.165, 1.54) is 24.3 Å². The standard InChI is InChI=1S/C25H22FN3O2/c1-16-3-7-18(8-4-16)15-29-23(19-9-5-17(2)6-10-19)22(25(31)28-29)27-24(30)20-11-13-21(26)14-12-20/h3-15,22-23H,1-2H3,(H-,27,28,30,31)/p+1/b29-15-/t22-,23+/m1/s1. The molecule has 1 saturated heterocycles. The second-order valence-electron chi connectivity index (χ2n) is 7.74. The van der Waals surface area contributed by atoms with Crippen LogP contribution >= 0.6 is 0 Å².